The molecule has 3 rings (SSSR count). The molecule has 4 heteroatoms. The minimum absolute atomic E-state index is 0.154. The van der Waals surface area contributed by atoms with Gasteiger partial charge in [-0.3, -0.25) is 0 Å². The average molecular weight is 392 g/mol. The highest BCUT2D eigenvalue weighted by molar-refractivity contribution is 5.90. The molecule has 0 saturated carbocycles. The van der Waals surface area contributed by atoms with Crippen LogP contribution in [0.2, 0.25) is 0 Å². The van der Waals surface area contributed by atoms with E-state index < -0.39 is 11.7 Å². The smallest absolute Gasteiger partial charge is 0.166 e. The van der Waals surface area contributed by atoms with Gasteiger partial charge in [0.2, 0.25) is 0 Å². The zero-order valence-electron chi connectivity index (χ0n) is 16.2. The summed E-state index contributed by atoms with van der Waals surface area (Å²) >= 11 is 0. The van der Waals surface area contributed by atoms with Gasteiger partial charge in [-0.1, -0.05) is 43.0 Å². The molecule has 3 aromatic carbocycles. The summed E-state index contributed by atoms with van der Waals surface area (Å²) in [5.41, 5.74) is 0.339. The molecule has 0 bridgehead atoms. The molecule has 0 aliphatic heterocycles. The second kappa shape index (κ2) is 9.69. The predicted octanol–water partition coefficient (Wildman–Crippen LogP) is 7.12. The third-order valence-electron chi connectivity index (χ3n) is 4.32. The van der Waals surface area contributed by atoms with E-state index in [9.17, 15) is 8.78 Å². The first-order valence-corrected chi connectivity index (χ1v) is 9.30. The maximum Gasteiger partial charge on any atom is 0.166 e. The number of fused-ring (bicyclic) bond motifs is 1. The SMILES string of the molecule is C=CCOc1ccc(C(F)=C(F)c2ccc3cc(OCC=CC)ccc3c2)cc1. The van der Waals surface area contributed by atoms with E-state index in [2.05, 4.69) is 6.58 Å². The van der Waals surface area contributed by atoms with E-state index in [1.165, 1.54) is 12.1 Å². The van der Waals surface area contributed by atoms with E-state index in [1.54, 1.807) is 36.4 Å². The van der Waals surface area contributed by atoms with Crippen LogP contribution in [0.4, 0.5) is 8.78 Å². The molecule has 0 aliphatic rings. The number of ether oxygens (including phenoxy) is 2. The summed E-state index contributed by atoms with van der Waals surface area (Å²) in [6, 6.07) is 16.6. The van der Waals surface area contributed by atoms with E-state index >= 15 is 0 Å². The van der Waals surface area contributed by atoms with E-state index in [0.29, 0.717) is 19.0 Å². The van der Waals surface area contributed by atoms with Crippen LogP contribution in [-0.4, -0.2) is 13.2 Å². The Kier molecular flexibility index (Phi) is 6.80. The highest BCUT2D eigenvalue weighted by Crippen LogP contribution is 2.32. The van der Waals surface area contributed by atoms with Gasteiger partial charge in [-0.05, 0) is 60.2 Å². The van der Waals surface area contributed by atoms with E-state index in [1.807, 2.05) is 37.3 Å². The molecule has 0 saturated heterocycles. The lowest BCUT2D eigenvalue weighted by Crippen LogP contribution is -1.93. The van der Waals surface area contributed by atoms with Crippen molar-refractivity contribution in [2.75, 3.05) is 13.2 Å². The Hall–Kier alpha value is -3.40. The van der Waals surface area contributed by atoms with Crippen molar-refractivity contribution in [3.63, 3.8) is 0 Å². The molecule has 0 fully saturated rings. The summed E-state index contributed by atoms with van der Waals surface area (Å²) in [4.78, 5) is 0. The third-order valence-corrected chi connectivity index (χ3v) is 4.32. The quantitative estimate of drug-likeness (QED) is 0.300. The zero-order valence-corrected chi connectivity index (χ0v) is 16.2. The summed E-state index contributed by atoms with van der Waals surface area (Å²) < 4.78 is 40.4. The number of rotatable bonds is 8. The first-order chi connectivity index (χ1) is 14.1. The lowest BCUT2D eigenvalue weighted by molar-refractivity contribution is 0.363. The van der Waals surface area contributed by atoms with Gasteiger partial charge in [-0.25, -0.2) is 8.78 Å². The van der Waals surface area contributed by atoms with E-state index in [4.69, 9.17) is 9.47 Å². The summed E-state index contributed by atoms with van der Waals surface area (Å²) in [6.07, 6.45) is 5.44. The number of hydrogen-bond donors (Lipinski definition) is 0. The van der Waals surface area contributed by atoms with Gasteiger partial charge >= 0.3 is 0 Å². The number of halogens is 2. The van der Waals surface area contributed by atoms with Crippen LogP contribution >= 0.6 is 0 Å². The van der Waals surface area contributed by atoms with Crippen molar-refractivity contribution in [1.82, 2.24) is 0 Å². The first kappa shape index (κ1) is 20.3. The van der Waals surface area contributed by atoms with Gasteiger partial charge in [0.15, 0.2) is 11.7 Å². The fraction of sp³-hybridized carbons (Fsp3) is 0.120. The molecule has 29 heavy (non-hydrogen) atoms. The Morgan fingerprint density at radius 3 is 2.10 bits per heavy atom. The third kappa shape index (κ3) is 5.11. The van der Waals surface area contributed by atoms with Gasteiger partial charge in [0, 0.05) is 11.1 Å². The molecule has 0 N–H and O–H groups in total. The summed E-state index contributed by atoms with van der Waals surface area (Å²) in [5, 5.41) is 1.70. The Morgan fingerprint density at radius 2 is 1.38 bits per heavy atom. The van der Waals surface area contributed by atoms with Gasteiger partial charge in [0.25, 0.3) is 0 Å². The van der Waals surface area contributed by atoms with Crippen LogP contribution in [0, 0.1) is 0 Å². The Labute approximate surface area is 169 Å². The lowest BCUT2D eigenvalue weighted by Gasteiger charge is -2.08. The maximum absolute atomic E-state index is 14.8. The first-order valence-electron chi connectivity index (χ1n) is 9.30. The summed E-state index contributed by atoms with van der Waals surface area (Å²) in [5.74, 6) is -0.518. The van der Waals surface area contributed by atoms with Gasteiger partial charge in [0.1, 0.15) is 24.7 Å². The maximum atomic E-state index is 14.8. The molecule has 0 unspecified atom stereocenters. The Bertz CT molecular complexity index is 1050. The van der Waals surface area contributed by atoms with Crippen molar-refractivity contribution >= 4 is 22.4 Å². The van der Waals surface area contributed by atoms with Crippen LogP contribution in [0.1, 0.15) is 18.1 Å². The minimum Gasteiger partial charge on any atom is -0.490 e. The molecule has 148 valence electrons. The second-order valence-electron chi connectivity index (χ2n) is 6.36. The number of allylic oxidation sites excluding steroid dienone is 1. The van der Waals surface area contributed by atoms with Crippen molar-refractivity contribution in [2.45, 2.75) is 6.92 Å². The molecule has 0 heterocycles. The van der Waals surface area contributed by atoms with Crippen molar-refractivity contribution in [3.8, 4) is 11.5 Å². The van der Waals surface area contributed by atoms with Crippen LogP contribution in [0.25, 0.3) is 22.4 Å². The fourth-order valence-electron chi connectivity index (χ4n) is 2.80. The number of benzene rings is 3. The van der Waals surface area contributed by atoms with Crippen molar-refractivity contribution < 1.29 is 18.3 Å². The molecule has 0 aliphatic carbocycles. The molecule has 0 amide bonds. The van der Waals surface area contributed by atoms with Crippen LogP contribution in [0.3, 0.4) is 0 Å². The highest BCUT2D eigenvalue weighted by atomic mass is 19.2. The molecule has 0 atom stereocenters. The second-order valence-corrected chi connectivity index (χ2v) is 6.36. The molecule has 3 aromatic rings. The van der Waals surface area contributed by atoms with E-state index in [-0.39, 0.29) is 11.1 Å². The van der Waals surface area contributed by atoms with Crippen LogP contribution in [0.5, 0.6) is 11.5 Å². The van der Waals surface area contributed by atoms with Crippen LogP contribution < -0.4 is 9.47 Å². The standard InChI is InChI=1S/C25H22F2O2/c1-3-5-15-29-23-13-10-19-16-21(7-6-20(19)17-23)25(27)24(26)18-8-11-22(12-9-18)28-14-4-2/h3-13,16-17H,2,14-15H2,1H3. The number of hydrogen-bond acceptors (Lipinski definition) is 2. The minimum atomic E-state index is -0.911. The lowest BCUT2D eigenvalue weighted by atomic mass is 10.0. The highest BCUT2D eigenvalue weighted by Gasteiger charge is 2.12. The predicted molar refractivity (Wildman–Crippen MR) is 115 cm³/mol. The van der Waals surface area contributed by atoms with Gasteiger partial charge in [0.05, 0.1) is 0 Å². The van der Waals surface area contributed by atoms with Crippen LogP contribution in [0.15, 0.2) is 85.5 Å². The van der Waals surface area contributed by atoms with Crippen molar-refractivity contribution in [1.29, 1.82) is 0 Å². The molecule has 0 radical (unpaired) electrons. The molecule has 0 spiro atoms. The Morgan fingerprint density at radius 1 is 0.793 bits per heavy atom. The monoisotopic (exact) mass is 392 g/mol. The molecule has 2 nitrogen and oxygen atoms in total. The van der Waals surface area contributed by atoms with Crippen molar-refractivity contribution in [3.05, 3.63) is 96.6 Å². The topological polar surface area (TPSA) is 18.5 Å². The molecular formula is C25H22F2O2. The van der Waals surface area contributed by atoms with Crippen molar-refractivity contribution in [2.24, 2.45) is 0 Å². The largest absolute Gasteiger partial charge is 0.490 e. The zero-order chi connectivity index (χ0) is 20.6. The molecular weight excluding hydrogens is 370 g/mol. The van der Waals surface area contributed by atoms with Crippen LogP contribution in [-0.2, 0) is 0 Å². The average Bonchev–Trinajstić information content (AvgIpc) is 2.77. The summed E-state index contributed by atoms with van der Waals surface area (Å²) in [6.45, 7) is 6.34. The van der Waals surface area contributed by atoms with Gasteiger partial charge in [-0.2, -0.15) is 0 Å². The Balaban J connectivity index is 1.84. The van der Waals surface area contributed by atoms with Gasteiger partial charge in [-0.15, -0.1) is 0 Å². The summed E-state index contributed by atoms with van der Waals surface area (Å²) in [7, 11) is 0. The van der Waals surface area contributed by atoms with Gasteiger partial charge < -0.3 is 9.47 Å². The molecule has 0 aromatic heterocycles. The fourth-order valence-corrected chi connectivity index (χ4v) is 2.80. The van der Waals surface area contributed by atoms with E-state index in [0.717, 1.165) is 16.5 Å². The normalized spacial score (nSPS) is 12.1.